The molecule has 0 fully saturated rings. The molecular weight excluding hydrogens is 631 g/mol. The lowest BCUT2D eigenvalue weighted by Crippen LogP contribution is -2.74. The maximum absolute atomic E-state index is 3.81. The van der Waals surface area contributed by atoms with E-state index < -0.39 is 13.5 Å². The molecule has 0 amide bonds. The second kappa shape index (κ2) is 12.9. The third kappa shape index (κ3) is 4.99. The van der Waals surface area contributed by atoms with E-state index in [0.29, 0.717) is 0 Å². The van der Waals surface area contributed by atoms with Crippen molar-refractivity contribution in [2.75, 3.05) is 5.32 Å². The first kappa shape index (κ1) is 30.8. The number of hydrogen-bond donors (Lipinski definition) is 1. The highest BCUT2D eigenvalue weighted by atomic mass is 28.3. The predicted octanol–water partition coefficient (Wildman–Crippen LogP) is 9.17. The molecule has 0 atom stereocenters. The van der Waals surface area contributed by atoms with Crippen LogP contribution < -0.4 is 26.1 Å². The number of nitrogens with one attached hydrogen (secondary N) is 1. The minimum Gasteiger partial charge on any atom is -0.356 e. The van der Waals surface area contributed by atoms with Crippen LogP contribution in [0.4, 0.5) is 11.4 Å². The summed E-state index contributed by atoms with van der Waals surface area (Å²) in [5.74, 6) is 0. The van der Waals surface area contributed by atoms with E-state index in [1.165, 1.54) is 54.1 Å². The zero-order valence-corrected chi connectivity index (χ0v) is 29.3. The van der Waals surface area contributed by atoms with Gasteiger partial charge < -0.3 is 5.32 Å². The van der Waals surface area contributed by atoms with Crippen LogP contribution in [0.2, 0.25) is 0 Å². The highest BCUT2D eigenvalue weighted by molar-refractivity contribution is 7.19. The van der Waals surface area contributed by atoms with E-state index in [4.69, 9.17) is 0 Å². The highest BCUT2D eigenvalue weighted by Gasteiger charge is 2.46. The fourth-order valence-electron chi connectivity index (χ4n) is 8.56. The van der Waals surface area contributed by atoms with E-state index >= 15 is 0 Å². The maximum atomic E-state index is 3.81. The Kier molecular flexibility index (Phi) is 7.80. The van der Waals surface area contributed by atoms with E-state index in [1.54, 1.807) is 0 Å². The molecule has 8 aromatic rings. The van der Waals surface area contributed by atoms with Crippen LogP contribution in [0, 0.1) is 0 Å². The predicted molar refractivity (Wildman–Crippen MR) is 217 cm³/mol. The van der Waals surface area contributed by atoms with E-state index in [-0.39, 0.29) is 0 Å². The maximum Gasteiger partial charge on any atom is 0.179 e. The van der Waals surface area contributed by atoms with E-state index in [9.17, 15) is 0 Å². The van der Waals surface area contributed by atoms with Crippen molar-refractivity contribution in [3.8, 4) is 11.1 Å². The molecule has 8 aromatic carbocycles. The second-order valence-electron chi connectivity index (χ2n) is 13.3. The molecule has 0 radical (unpaired) electrons. The number of anilines is 2. The monoisotopic (exact) mass is 667 g/mol. The summed E-state index contributed by atoms with van der Waals surface area (Å²) in [4.78, 5) is 0. The van der Waals surface area contributed by atoms with Gasteiger partial charge >= 0.3 is 0 Å². The number of benzene rings is 8. The van der Waals surface area contributed by atoms with Gasteiger partial charge in [-0.15, -0.1) is 0 Å². The van der Waals surface area contributed by atoms with Crippen molar-refractivity contribution in [3.63, 3.8) is 0 Å². The molecule has 1 nitrogen and oxygen atoms in total. The Morgan fingerprint density at radius 3 is 1.22 bits per heavy atom. The summed E-state index contributed by atoms with van der Waals surface area (Å²) in [7, 11) is -2.59. The topological polar surface area (TPSA) is 12.0 Å². The van der Waals surface area contributed by atoms with Crippen LogP contribution in [0.3, 0.4) is 0 Å². The summed E-state index contributed by atoms with van der Waals surface area (Å²) in [5.41, 5.74) is 9.45. The molecule has 242 valence electrons. The molecule has 51 heavy (non-hydrogen) atoms. The zero-order valence-electron chi connectivity index (χ0n) is 28.3. The lowest BCUT2D eigenvalue weighted by atomic mass is 9.67. The summed E-state index contributed by atoms with van der Waals surface area (Å²) in [5, 5.41) is 9.29. The average molecular weight is 668 g/mol. The van der Waals surface area contributed by atoms with Crippen LogP contribution in [0.25, 0.3) is 11.1 Å². The Bertz CT molecular complexity index is 2270. The van der Waals surface area contributed by atoms with E-state index in [2.05, 4.69) is 224 Å². The van der Waals surface area contributed by atoms with Crippen LogP contribution >= 0.6 is 0 Å². The van der Waals surface area contributed by atoms with Crippen molar-refractivity contribution in [2.24, 2.45) is 0 Å². The van der Waals surface area contributed by atoms with Gasteiger partial charge in [-0.25, -0.2) is 0 Å². The molecule has 9 rings (SSSR count). The van der Waals surface area contributed by atoms with Gasteiger partial charge in [0.15, 0.2) is 8.07 Å². The fraction of sp³-hybridized carbons (Fsp3) is 0.0204. The lowest BCUT2D eigenvalue weighted by molar-refractivity contribution is 0.769. The first-order valence-electron chi connectivity index (χ1n) is 17.7. The van der Waals surface area contributed by atoms with Gasteiger partial charge in [0.25, 0.3) is 0 Å². The normalized spacial score (nSPS) is 12.9. The second-order valence-corrected chi connectivity index (χ2v) is 17.1. The van der Waals surface area contributed by atoms with Crippen molar-refractivity contribution < 1.29 is 0 Å². The summed E-state index contributed by atoms with van der Waals surface area (Å²) in [6.07, 6.45) is 0. The fourth-order valence-corrected chi connectivity index (χ4v) is 13.3. The van der Waals surface area contributed by atoms with Gasteiger partial charge in [0.1, 0.15) is 0 Å². The van der Waals surface area contributed by atoms with Gasteiger partial charge in [-0.1, -0.05) is 194 Å². The van der Waals surface area contributed by atoms with E-state index in [0.717, 1.165) is 11.4 Å². The Balaban J connectivity index is 1.16. The largest absolute Gasteiger partial charge is 0.356 e. The van der Waals surface area contributed by atoms with Gasteiger partial charge in [-0.05, 0) is 78.4 Å². The molecule has 1 aliphatic carbocycles. The minimum absolute atomic E-state index is 0.428. The molecule has 0 spiro atoms. The average Bonchev–Trinajstić information content (AvgIpc) is 3.51. The molecular formula is C49H37NSi. The lowest BCUT2D eigenvalue weighted by Gasteiger charge is -2.34. The molecule has 0 unspecified atom stereocenters. The standard InChI is InChI=1S/C49H37NSi/c1-6-18-37(19-7-1)49(38-20-8-2-9-21-38)47-29-17-16-28-45(47)46-35-32-40(36-48(46)49)50-39-30-33-44(34-31-39)51(41-22-10-3-11-23-41,42-24-12-4-13-25-42)43-26-14-5-15-27-43/h1-36,50H. The summed E-state index contributed by atoms with van der Waals surface area (Å²) < 4.78 is 0. The van der Waals surface area contributed by atoms with E-state index in [1.807, 2.05) is 0 Å². The molecule has 1 N–H and O–H groups in total. The first-order valence-corrected chi connectivity index (χ1v) is 19.7. The Labute approximate surface area is 301 Å². The SMILES string of the molecule is c1ccc(C2(c3ccccc3)c3ccccc3-c3ccc(Nc4ccc([Si](c5ccccc5)(c5ccccc5)c5ccccc5)cc4)cc32)cc1. The highest BCUT2D eigenvalue weighted by Crippen LogP contribution is 2.56. The smallest absolute Gasteiger partial charge is 0.179 e. The summed E-state index contributed by atoms with van der Waals surface area (Å²) in [6.45, 7) is 0. The Morgan fingerprint density at radius 2 is 0.706 bits per heavy atom. The van der Waals surface area contributed by atoms with Crippen molar-refractivity contribution in [1.82, 2.24) is 0 Å². The Morgan fingerprint density at radius 1 is 0.314 bits per heavy atom. The molecule has 0 heterocycles. The molecule has 0 bridgehead atoms. The van der Waals surface area contributed by atoms with Crippen LogP contribution in [0.5, 0.6) is 0 Å². The number of hydrogen-bond acceptors (Lipinski definition) is 1. The van der Waals surface area contributed by atoms with Gasteiger partial charge in [-0.3, -0.25) is 0 Å². The number of rotatable bonds is 8. The van der Waals surface area contributed by atoms with Crippen LogP contribution in [0.1, 0.15) is 22.3 Å². The van der Waals surface area contributed by atoms with Gasteiger partial charge in [0.05, 0.1) is 5.41 Å². The first-order chi connectivity index (χ1) is 25.3. The molecule has 0 saturated heterocycles. The number of fused-ring (bicyclic) bond motifs is 3. The third-order valence-corrected chi connectivity index (χ3v) is 15.5. The quantitative estimate of drug-likeness (QED) is 0.126. The third-order valence-electron chi connectivity index (χ3n) is 10.7. The van der Waals surface area contributed by atoms with Crippen molar-refractivity contribution in [3.05, 3.63) is 241 Å². The minimum atomic E-state index is -2.59. The molecule has 2 heteroatoms. The van der Waals surface area contributed by atoms with Gasteiger partial charge in [-0.2, -0.15) is 0 Å². The van der Waals surface area contributed by atoms with Crippen LogP contribution in [-0.2, 0) is 5.41 Å². The van der Waals surface area contributed by atoms with Crippen LogP contribution in [-0.4, -0.2) is 8.07 Å². The Hall–Kier alpha value is -6.22. The van der Waals surface area contributed by atoms with Crippen molar-refractivity contribution in [2.45, 2.75) is 5.41 Å². The van der Waals surface area contributed by atoms with Gasteiger partial charge in [0, 0.05) is 11.4 Å². The molecule has 0 aromatic heterocycles. The van der Waals surface area contributed by atoms with Crippen molar-refractivity contribution in [1.29, 1.82) is 0 Å². The van der Waals surface area contributed by atoms with Crippen molar-refractivity contribution >= 4 is 40.2 Å². The molecule has 1 aliphatic rings. The molecule has 0 aliphatic heterocycles. The molecule has 0 saturated carbocycles. The summed E-state index contributed by atoms with van der Waals surface area (Å²) in [6, 6.07) is 80.3. The van der Waals surface area contributed by atoms with Gasteiger partial charge in [0.2, 0.25) is 0 Å². The summed E-state index contributed by atoms with van der Waals surface area (Å²) >= 11 is 0. The zero-order chi connectivity index (χ0) is 34.1. The van der Waals surface area contributed by atoms with Crippen LogP contribution in [0.15, 0.2) is 218 Å².